The Morgan fingerprint density at radius 1 is 0.923 bits per heavy atom. The molecule has 0 aromatic carbocycles. The monoisotopic (exact) mass is 187 g/mol. The van der Waals surface area contributed by atoms with Crippen LogP contribution in [-0.2, 0) is 0 Å². The van der Waals surface area contributed by atoms with Gasteiger partial charge in [0, 0.05) is 13.2 Å². The number of unbranched alkanes of at least 4 members (excludes halogenated alkanes) is 3. The van der Waals surface area contributed by atoms with E-state index < -0.39 is 0 Å². The lowest BCUT2D eigenvalue weighted by atomic mass is 10.2. The van der Waals surface area contributed by atoms with Crippen molar-refractivity contribution in [2.75, 3.05) is 26.2 Å². The number of aliphatic hydroxyl groups excluding tert-OH is 1. The van der Waals surface area contributed by atoms with E-state index >= 15 is 0 Å². The highest BCUT2D eigenvalue weighted by atomic mass is 16.3. The van der Waals surface area contributed by atoms with Crippen molar-refractivity contribution in [2.45, 2.75) is 46.0 Å². The van der Waals surface area contributed by atoms with Crippen molar-refractivity contribution in [3.05, 3.63) is 0 Å². The summed E-state index contributed by atoms with van der Waals surface area (Å²) in [7, 11) is 0. The van der Waals surface area contributed by atoms with E-state index in [9.17, 15) is 0 Å². The van der Waals surface area contributed by atoms with E-state index in [-0.39, 0.29) is 0 Å². The molecule has 0 amide bonds. The number of aliphatic hydroxyl groups is 1. The first-order valence-electron chi connectivity index (χ1n) is 5.68. The van der Waals surface area contributed by atoms with Crippen LogP contribution >= 0.6 is 0 Å². The fourth-order valence-corrected chi connectivity index (χ4v) is 1.48. The van der Waals surface area contributed by atoms with E-state index in [4.69, 9.17) is 5.11 Å². The summed E-state index contributed by atoms with van der Waals surface area (Å²) in [6.45, 7) is 8.13. The van der Waals surface area contributed by atoms with E-state index in [1.54, 1.807) is 0 Å². The van der Waals surface area contributed by atoms with E-state index in [0.29, 0.717) is 6.61 Å². The lowest BCUT2D eigenvalue weighted by Gasteiger charge is -2.19. The second-order valence-electron chi connectivity index (χ2n) is 3.57. The second kappa shape index (κ2) is 10.0. The topological polar surface area (TPSA) is 23.5 Å². The van der Waals surface area contributed by atoms with Crippen molar-refractivity contribution < 1.29 is 5.11 Å². The molecule has 0 aliphatic rings. The van der Waals surface area contributed by atoms with Crippen molar-refractivity contribution in [1.29, 1.82) is 0 Å². The molecule has 0 bridgehead atoms. The Bertz CT molecular complexity index is 96.1. The molecule has 0 aliphatic heterocycles. The fraction of sp³-hybridized carbons (Fsp3) is 1.00. The molecule has 0 heterocycles. The number of nitrogens with zero attached hydrogens (tertiary/aromatic N) is 1. The molecule has 0 rings (SSSR count). The maximum absolute atomic E-state index is 8.69. The molecule has 0 radical (unpaired) electrons. The molecule has 80 valence electrons. The first-order chi connectivity index (χ1) is 6.35. The van der Waals surface area contributed by atoms with Crippen LogP contribution in [0, 0.1) is 0 Å². The minimum atomic E-state index is 0.325. The quantitative estimate of drug-likeness (QED) is 0.560. The summed E-state index contributed by atoms with van der Waals surface area (Å²) in [4.78, 5) is 2.42. The van der Waals surface area contributed by atoms with Crippen LogP contribution < -0.4 is 0 Å². The predicted octanol–water partition coefficient (Wildman–Crippen LogP) is 2.27. The van der Waals surface area contributed by atoms with Gasteiger partial charge in [0.1, 0.15) is 0 Å². The molecule has 0 unspecified atom stereocenters. The third kappa shape index (κ3) is 8.26. The summed E-state index contributed by atoms with van der Waals surface area (Å²) in [5.74, 6) is 0. The van der Waals surface area contributed by atoms with Crippen molar-refractivity contribution in [3.8, 4) is 0 Å². The summed E-state index contributed by atoms with van der Waals surface area (Å²) < 4.78 is 0. The molecule has 0 aromatic rings. The summed E-state index contributed by atoms with van der Waals surface area (Å²) in [5, 5.41) is 8.69. The first-order valence-corrected chi connectivity index (χ1v) is 5.68. The number of rotatable bonds is 9. The second-order valence-corrected chi connectivity index (χ2v) is 3.57. The SMILES string of the molecule is CCCCCCN(CC)CCCO. The Morgan fingerprint density at radius 2 is 1.62 bits per heavy atom. The zero-order chi connectivity index (χ0) is 9.94. The van der Waals surface area contributed by atoms with Crippen LogP contribution in [-0.4, -0.2) is 36.2 Å². The van der Waals surface area contributed by atoms with Crippen LogP contribution in [0.4, 0.5) is 0 Å². The van der Waals surface area contributed by atoms with Gasteiger partial charge in [-0.1, -0.05) is 33.1 Å². The van der Waals surface area contributed by atoms with Crippen LogP contribution in [0.15, 0.2) is 0 Å². The predicted molar refractivity (Wildman–Crippen MR) is 58.0 cm³/mol. The van der Waals surface area contributed by atoms with Crippen molar-refractivity contribution in [1.82, 2.24) is 4.90 Å². The largest absolute Gasteiger partial charge is 0.396 e. The molecule has 2 heteroatoms. The third-order valence-electron chi connectivity index (χ3n) is 2.41. The Labute approximate surface area is 82.9 Å². The van der Waals surface area contributed by atoms with Gasteiger partial charge in [-0.3, -0.25) is 0 Å². The van der Waals surface area contributed by atoms with Gasteiger partial charge in [0.15, 0.2) is 0 Å². The highest BCUT2D eigenvalue weighted by Gasteiger charge is 2.00. The van der Waals surface area contributed by atoms with E-state index in [1.165, 1.54) is 32.2 Å². The van der Waals surface area contributed by atoms with Crippen LogP contribution in [0.25, 0.3) is 0 Å². The molecule has 0 fully saturated rings. The lowest BCUT2D eigenvalue weighted by Crippen LogP contribution is -2.26. The van der Waals surface area contributed by atoms with Gasteiger partial charge >= 0.3 is 0 Å². The Kier molecular flexibility index (Phi) is 9.94. The summed E-state index contributed by atoms with van der Waals surface area (Å²) in [6, 6.07) is 0. The summed E-state index contributed by atoms with van der Waals surface area (Å²) in [6.07, 6.45) is 6.25. The molecule has 0 aliphatic carbocycles. The molecule has 2 nitrogen and oxygen atoms in total. The molecular formula is C11H25NO. The molecule has 1 N–H and O–H groups in total. The van der Waals surface area contributed by atoms with Crippen LogP contribution in [0.2, 0.25) is 0 Å². The Hall–Kier alpha value is -0.0800. The van der Waals surface area contributed by atoms with Gasteiger partial charge in [-0.05, 0) is 25.9 Å². The molecule has 0 atom stereocenters. The zero-order valence-electron chi connectivity index (χ0n) is 9.26. The smallest absolute Gasteiger partial charge is 0.0443 e. The van der Waals surface area contributed by atoms with E-state index in [2.05, 4.69) is 18.7 Å². The van der Waals surface area contributed by atoms with Gasteiger partial charge < -0.3 is 10.0 Å². The van der Waals surface area contributed by atoms with Gasteiger partial charge in [0.25, 0.3) is 0 Å². The van der Waals surface area contributed by atoms with Crippen molar-refractivity contribution in [2.24, 2.45) is 0 Å². The molecule has 13 heavy (non-hydrogen) atoms. The Balaban J connectivity index is 3.25. The van der Waals surface area contributed by atoms with Gasteiger partial charge in [-0.15, -0.1) is 0 Å². The van der Waals surface area contributed by atoms with Gasteiger partial charge in [0.2, 0.25) is 0 Å². The minimum absolute atomic E-state index is 0.325. The molecule has 0 saturated heterocycles. The lowest BCUT2D eigenvalue weighted by molar-refractivity contribution is 0.227. The van der Waals surface area contributed by atoms with Gasteiger partial charge in [0.05, 0.1) is 0 Å². The maximum atomic E-state index is 8.69. The van der Waals surface area contributed by atoms with E-state index in [1.807, 2.05) is 0 Å². The van der Waals surface area contributed by atoms with Crippen LogP contribution in [0.5, 0.6) is 0 Å². The standard InChI is InChI=1S/C11H25NO/c1-3-5-6-7-9-12(4-2)10-8-11-13/h13H,3-11H2,1-2H3. The average molecular weight is 187 g/mol. The summed E-state index contributed by atoms with van der Waals surface area (Å²) >= 11 is 0. The minimum Gasteiger partial charge on any atom is -0.396 e. The van der Waals surface area contributed by atoms with Gasteiger partial charge in [-0.25, -0.2) is 0 Å². The highest BCUT2D eigenvalue weighted by Crippen LogP contribution is 2.01. The highest BCUT2D eigenvalue weighted by molar-refractivity contribution is 4.55. The third-order valence-corrected chi connectivity index (χ3v) is 2.41. The normalized spacial score (nSPS) is 11.1. The van der Waals surface area contributed by atoms with Crippen molar-refractivity contribution in [3.63, 3.8) is 0 Å². The van der Waals surface area contributed by atoms with Gasteiger partial charge in [-0.2, -0.15) is 0 Å². The number of hydrogen-bond acceptors (Lipinski definition) is 2. The molecule has 0 spiro atoms. The molecular weight excluding hydrogens is 162 g/mol. The average Bonchev–Trinajstić information content (AvgIpc) is 2.17. The van der Waals surface area contributed by atoms with E-state index in [0.717, 1.165) is 19.5 Å². The first kappa shape index (κ1) is 12.9. The molecule has 0 aromatic heterocycles. The van der Waals surface area contributed by atoms with Crippen molar-refractivity contribution >= 4 is 0 Å². The van der Waals surface area contributed by atoms with Crippen LogP contribution in [0.1, 0.15) is 46.0 Å². The Morgan fingerprint density at radius 3 is 2.15 bits per heavy atom. The number of hydrogen-bond donors (Lipinski definition) is 1. The fourth-order valence-electron chi connectivity index (χ4n) is 1.48. The zero-order valence-corrected chi connectivity index (χ0v) is 9.26. The van der Waals surface area contributed by atoms with Crippen LogP contribution in [0.3, 0.4) is 0 Å². The summed E-state index contributed by atoms with van der Waals surface area (Å²) in [5.41, 5.74) is 0. The maximum Gasteiger partial charge on any atom is 0.0443 e. The molecule has 0 saturated carbocycles.